The van der Waals surface area contributed by atoms with E-state index in [0.717, 1.165) is 16.7 Å². The molecule has 0 unspecified atom stereocenters. The number of benzene rings is 3. The molecule has 0 aliphatic heterocycles. The largest absolute Gasteiger partial charge is 0.462 e. The Bertz CT molecular complexity index is 916. The molecule has 26 heavy (non-hydrogen) atoms. The second-order valence-corrected chi connectivity index (χ2v) is 7.40. The van der Waals surface area contributed by atoms with Crippen molar-refractivity contribution in [2.75, 3.05) is 0 Å². The van der Waals surface area contributed by atoms with Gasteiger partial charge in [0.05, 0.1) is 6.10 Å². The Morgan fingerprint density at radius 3 is 1.54 bits per heavy atom. The van der Waals surface area contributed by atoms with Gasteiger partial charge < -0.3 is 4.74 Å². The second-order valence-electron chi connectivity index (χ2n) is 7.40. The molecule has 0 atom stereocenters. The number of ether oxygens (including phenoxy) is 1. The van der Waals surface area contributed by atoms with Gasteiger partial charge in [0.2, 0.25) is 0 Å². The predicted molar refractivity (Wildman–Crippen MR) is 101 cm³/mol. The molecule has 0 saturated heterocycles. The Kier molecular flexibility index (Phi) is 3.14. The minimum Gasteiger partial charge on any atom is -0.462 e. The average molecular weight is 340 g/mol. The topological polar surface area (TPSA) is 26.3 Å². The zero-order valence-corrected chi connectivity index (χ0v) is 14.9. The van der Waals surface area contributed by atoms with Gasteiger partial charge in [-0.2, -0.15) is 0 Å². The number of rotatable bonds is 2. The molecular weight excluding hydrogens is 320 g/mol. The number of hydrogen-bond donors (Lipinski definition) is 0. The van der Waals surface area contributed by atoms with Crippen LogP contribution in [0.1, 0.15) is 53.1 Å². The SMILES string of the molecule is CC(C)OC(=O)C12c3ccccc3C(c3ccccc31)c1ccccc12. The van der Waals surface area contributed by atoms with Gasteiger partial charge in [-0.3, -0.25) is 4.79 Å². The number of esters is 1. The van der Waals surface area contributed by atoms with Crippen LogP contribution in [0, 0.1) is 0 Å². The molecule has 3 aromatic carbocycles. The summed E-state index contributed by atoms with van der Waals surface area (Å²) in [7, 11) is 0. The molecule has 2 nitrogen and oxygen atoms in total. The van der Waals surface area contributed by atoms with Crippen LogP contribution in [0.25, 0.3) is 0 Å². The van der Waals surface area contributed by atoms with Crippen LogP contribution in [0.5, 0.6) is 0 Å². The summed E-state index contributed by atoms with van der Waals surface area (Å²) < 4.78 is 5.84. The maximum absolute atomic E-state index is 13.7. The quantitative estimate of drug-likeness (QED) is 0.628. The lowest BCUT2D eigenvalue weighted by Crippen LogP contribution is -2.49. The van der Waals surface area contributed by atoms with E-state index >= 15 is 0 Å². The first-order chi connectivity index (χ1) is 12.7. The van der Waals surface area contributed by atoms with Gasteiger partial charge in [-0.15, -0.1) is 0 Å². The van der Waals surface area contributed by atoms with E-state index in [1.807, 2.05) is 32.0 Å². The summed E-state index contributed by atoms with van der Waals surface area (Å²) in [6.07, 6.45) is -0.164. The van der Waals surface area contributed by atoms with E-state index < -0.39 is 5.41 Å². The van der Waals surface area contributed by atoms with Crippen molar-refractivity contribution < 1.29 is 9.53 Å². The molecule has 0 spiro atoms. The van der Waals surface area contributed by atoms with Gasteiger partial charge in [0.1, 0.15) is 5.41 Å². The van der Waals surface area contributed by atoms with Crippen molar-refractivity contribution in [3.63, 3.8) is 0 Å². The fourth-order valence-electron chi connectivity index (χ4n) is 4.84. The molecule has 0 saturated carbocycles. The van der Waals surface area contributed by atoms with E-state index in [2.05, 4.69) is 54.6 Å². The van der Waals surface area contributed by atoms with Crippen LogP contribution in [0.2, 0.25) is 0 Å². The minimum atomic E-state index is -0.886. The van der Waals surface area contributed by atoms with Crippen molar-refractivity contribution in [1.29, 1.82) is 0 Å². The number of carbonyl (C=O) groups is 1. The van der Waals surface area contributed by atoms with Gasteiger partial charge in [0.25, 0.3) is 0 Å². The second kappa shape index (κ2) is 5.31. The normalized spacial score (nSPS) is 21.7. The van der Waals surface area contributed by atoms with Crippen molar-refractivity contribution in [2.45, 2.75) is 31.3 Å². The van der Waals surface area contributed by atoms with E-state index in [4.69, 9.17) is 4.74 Å². The van der Waals surface area contributed by atoms with E-state index in [1.54, 1.807) is 0 Å². The highest BCUT2D eigenvalue weighted by Gasteiger charge is 2.57. The van der Waals surface area contributed by atoms with E-state index in [0.29, 0.717) is 0 Å². The lowest BCUT2D eigenvalue weighted by atomic mass is 9.53. The first-order valence-corrected chi connectivity index (χ1v) is 9.15. The lowest BCUT2D eigenvalue weighted by molar-refractivity contribution is -0.151. The van der Waals surface area contributed by atoms with Crippen molar-refractivity contribution in [1.82, 2.24) is 0 Å². The Morgan fingerprint density at radius 2 is 1.15 bits per heavy atom. The molecular formula is C24H20O2. The Morgan fingerprint density at radius 1 is 0.769 bits per heavy atom. The van der Waals surface area contributed by atoms with Crippen molar-refractivity contribution in [3.8, 4) is 0 Å². The summed E-state index contributed by atoms with van der Waals surface area (Å²) in [5.41, 5.74) is 5.94. The summed E-state index contributed by atoms with van der Waals surface area (Å²) in [4.78, 5) is 13.7. The van der Waals surface area contributed by atoms with Crippen LogP contribution in [0.15, 0.2) is 72.8 Å². The Hall–Kier alpha value is -2.87. The molecule has 0 radical (unpaired) electrons. The molecule has 0 heterocycles. The predicted octanol–water partition coefficient (Wildman–Crippen LogP) is 4.78. The smallest absolute Gasteiger partial charge is 0.325 e. The molecule has 0 fully saturated rings. The summed E-state index contributed by atoms with van der Waals surface area (Å²) in [6, 6.07) is 25.0. The van der Waals surface area contributed by atoms with Crippen LogP contribution in [0.4, 0.5) is 0 Å². The summed E-state index contributed by atoms with van der Waals surface area (Å²) in [5.74, 6) is -0.00896. The maximum atomic E-state index is 13.7. The Balaban J connectivity index is 1.94. The van der Waals surface area contributed by atoms with Gasteiger partial charge in [-0.05, 0) is 47.2 Å². The highest BCUT2D eigenvalue weighted by molar-refractivity contribution is 5.97. The first kappa shape index (κ1) is 15.4. The first-order valence-electron chi connectivity index (χ1n) is 9.15. The van der Waals surface area contributed by atoms with Crippen molar-refractivity contribution in [3.05, 3.63) is 106 Å². The molecule has 128 valence electrons. The van der Waals surface area contributed by atoms with Gasteiger partial charge >= 0.3 is 5.97 Å². The van der Waals surface area contributed by atoms with Gasteiger partial charge in [0, 0.05) is 5.92 Å². The highest BCUT2D eigenvalue weighted by atomic mass is 16.5. The molecule has 3 aromatic rings. The zero-order chi connectivity index (χ0) is 17.9. The Labute approximate surface area is 153 Å². The number of hydrogen-bond acceptors (Lipinski definition) is 2. The monoisotopic (exact) mass is 340 g/mol. The van der Waals surface area contributed by atoms with Gasteiger partial charge in [0.15, 0.2) is 0 Å². The van der Waals surface area contributed by atoms with Crippen LogP contribution >= 0.6 is 0 Å². The van der Waals surface area contributed by atoms with Crippen molar-refractivity contribution in [2.24, 2.45) is 0 Å². The molecule has 0 aromatic heterocycles. The lowest BCUT2D eigenvalue weighted by Gasteiger charge is -2.48. The minimum absolute atomic E-state index is 0.164. The molecule has 3 aliphatic rings. The standard InChI is InChI=1S/C24H20O2/c1-15(2)26-23(25)24-19-12-6-3-9-16(19)22(17-10-4-7-13-20(17)24)18-11-5-8-14-21(18)24/h3-15,22H,1-2H3. The van der Waals surface area contributed by atoms with Crippen LogP contribution < -0.4 is 0 Å². The van der Waals surface area contributed by atoms with Crippen LogP contribution in [-0.4, -0.2) is 12.1 Å². The van der Waals surface area contributed by atoms with Gasteiger partial charge in [-0.1, -0.05) is 72.8 Å². The van der Waals surface area contributed by atoms with Crippen LogP contribution in [0.3, 0.4) is 0 Å². The van der Waals surface area contributed by atoms with Crippen molar-refractivity contribution >= 4 is 5.97 Å². The fourth-order valence-corrected chi connectivity index (χ4v) is 4.84. The fraction of sp³-hybridized carbons (Fsp3) is 0.208. The molecule has 2 bridgehead atoms. The van der Waals surface area contributed by atoms with Crippen LogP contribution in [-0.2, 0) is 14.9 Å². The molecule has 0 amide bonds. The molecule has 0 N–H and O–H groups in total. The third kappa shape index (κ3) is 1.74. The van der Waals surface area contributed by atoms with Gasteiger partial charge in [-0.25, -0.2) is 0 Å². The third-order valence-electron chi connectivity index (χ3n) is 5.68. The third-order valence-corrected chi connectivity index (χ3v) is 5.68. The summed E-state index contributed by atoms with van der Waals surface area (Å²) in [6.45, 7) is 3.82. The average Bonchev–Trinajstić information content (AvgIpc) is 2.67. The summed E-state index contributed by atoms with van der Waals surface area (Å²) in [5, 5.41) is 0. The molecule has 3 aliphatic carbocycles. The summed E-state index contributed by atoms with van der Waals surface area (Å²) >= 11 is 0. The number of carbonyl (C=O) groups excluding carboxylic acids is 1. The van der Waals surface area contributed by atoms with E-state index in [9.17, 15) is 4.79 Å². The maximum Gasteiger partial charge on any atom is 0.325 e. The molecule has 6 rings (SSSR count). The van der Waals surface area contributed by atoms with E-state index in [-0.39, 0.29) is 18.0 Å². The van der Waals surface area contributed by atoms with E-state index in [1.165, 1.54) is 16.7 Å². The molecule has 2 heteroatoms. The highest BCUT2D eigenvalue weighted by Crippen LogP contribution is 2.59. The zero-order valence-electron chi connectivity index (χ0n) is 14.9.